The van der Waals surface area contributed by atoms with Crippen molar-refractivity contribution in [2.75, 3.05) is 19.7 Å². The van der Waals surface area contributed by atoms with Crippen LogP contribution in [0.3, 0.4) is 0 Å². The number of nitrogens with one attached hydrogen (secondary N) is 1. The molecule has 0 spiro atoms. The summed E-state index contributed by atoms with van der Waals surface area (Å²) in [5, 5.41) is 4.24. The second kappa shape index (κ2) is 5.77. The number of fused-ring (bicyclic) bond motifs is 1. The molecule has 1 N–H and O–H groups in total. The Hall–Kier alpha value is -1.65. The minimum absolute atomic E-state index is 0.0858. The van der Waals surface area contributed by atoms with Gasteiger partial charge in [-0.1, -0.05) is 11.6 Å². The van der Waals surface area contributed by atoms with E-state index < -0.39 is 0 Å². The van der Waals surface area contributed by atoms with E-state index in [1.807, 2.05) is 25.1 Å². The smallest absolute Gasteiger partial charge is 0.223 e. The molecule has 4 nitrogen and oxygen atoms in total. The largest absolute Gasteiger partial charge is 0.453 e. The van der Waals surface area contributed by atoms with Crippen molar-refractivity contribution in [1.82, 2.24) is 5.32 Å². The summed E-state index contributed by atoms with van der Waals surface area (Å²) in [5.74, 6) is 0.303. The third-order valence-electron chi connectivity index (χ3n) is 3.68. The SMILES string of the molecule is Cc1ccc2oc(C(=O)COC3CCNCC3)cc2c1. The van der Waals surface area contributed by atoms with Crippen molar-refractivity contribution in [3.8, 4) is 0 Å². The van der Waals surface area contributed by atoms with Gasteiger partial charge in [-0.3, -0.25) is 4.79 Å². The molecule has 1 aliphatic rings. The van der Waals surface area contributed by atoms with Crippen LogP contribution in [0.5, 0.6) is 0 Å². The zero-order valence-corrected chi connectivity index (χ0v) is 11.6. The minimum Gasteiger partial charge on any atom is -0.453 e. The first-order valence-corrected chi connectivity index (χ1v) is 7.08. The van der Waals surface area contributed by atoms with E-state index >= 15 is 0 Å². The van der Waals surface area contributed by atoms with Crippen LogP contribution in [-0.2, 0) is 4.74 Å². The van der Waals surface area contributed by atoms with Crippen molar-refractivity contribution < 1.29 is 13.9 Å². The van der Waals surface area contributed by atoms with Gasteiger partial charge in [0.25, 0.3) is 0 Å². The van der Waals surface area contributed by atoms with Gasteiger partial charge in [0.2, 0.25) is 5.78 Å². The fourth-order valence-electron chi connectivity index (χ4n) is 2.53. The molecule has 2 heterocycles. The van der Waals surface area contributed by atoms with Crippen LogP contribution in [0.25, 0.3) is 11.0 Å². The minimum atomic E-state index is -0.0858. The molecule has 0 radical (unpaired) electrons. The Morgan fingerprint density at radius 2 is 2.15 bits per heavy atom. The summed E-state index contributed by atoms with van der Waals surface area (Å²) in [6, 6.07) is 7.69. The maximum absolute atomic E-state index is 12.1. The van der Waals surface area contributed by atoms with Crippen LogP contribution in [0.15, 0.2) is 28.7 Å². The molecule has 4 heteroatoms. The lowest BCUT2D eigenvalue weighted by Gasteiger charge is -2.22. The van der Waals surface area contributed by atoms with Gasteiger partial charge in [-0.25, -0.2) is 0 Å². The first-order chi connectivity index (χ1) is 9.72. The monoisotopic (exact) mass is 273 g/mol. The molecule has 2 aromatic rings. The number of ether oxygens (including phenoxy) is 1. The van der Waals surface area contributed by atoms with Crippen molar-refractivity contribution in [1.29, 1.82) is 0 Å². The van der Waals surface area contributed by atoms with E-state index in [0.29, 0.717) is 5.76 Å². The third kappa shape index (κ3) is 2.92. The molecule has 0 aliphatic carbocycles. The van der Waals surface area contributed by atoms with Gasteiger partial charge in [-0.2, -0.15) is 0 Å². The topological polar surface area (TPSA) is 51.5 Å². The maximum Gasteiger partial charge on any atom is 0.223 e. The number of furan rings is 1. The van der Waals surface area contributed by atoms with Crippen LogP contribution in [0.4, 0.5) is 0 Å². The van der Waals surface area contributed by atoms with Crippen molar-refractivity contribution in [2.45, 2.75) is 25.9 Å². The van der Waals surface area contributed by atoms with Gasteiger partial charge >= 0.3 is 0 Å². The molecule has 1 fully saturated rings. The van der Waals surface area contributed by atoms with Crippen LogP contribution >= 0.6 is 0 Å². The predicted octanol–water partition coefficient (Wildman–Crippen LogP) is 2.69. The van der Waals surface area contributed by atoms with Gasteiger partial charge in [-0.15, -0.1) is 0 Å². The number of carbonyl (C=O) groups excluding carboxylic acids is 1. The molecule has 106 valence electrons. The van der Waals surface area contributed by atoms with Gasteiger partial charge in [0.1, 0.15) is 12.2 Å². The molecule has 0 amide bonds. The number of hydrogen-bond donors (Lipinski definition) is 1. The summed E-state index contributed by atoms with van der Waals surface area (Å²) in [4.78, 5) is 12.1. The standard InChI is InChI=1S/C16H19NO3/c1-11-2-3-15-12(8-11)9-16(20-15)14(18)10-19-13-4-6-17-7-5-13/h2-3,8-9,13,17H,4-7,10H2,1H3. The highest BCUT2D eigenvalue weighted by atomic mass is 16.5. The number of hydrogen-bond acceptors (Lipinski definition) is 4. The summed E-state index contributed by atoms with van der Waals surface area (Å²) < 4.78 is 11.3. The van der Waals surface area contributed by atoms with Crippen molar-refractivity contribution >= 4 is 16.8 Å². The lowest BCUT2D eigenvalue weighted by molar-refractivity contribution is 0.0304. The summed E-state index contributed by atoms with van der Waals surface area (Å²) >= 11 is 0. The van der Waals surface area contributed by atoms with Crippen LogP contribution in [0, 0.1) is 6.92 Å². The Balaban J connectivity index is 1.65. The van der Waals surface area contributed by atoms with Gasteiger partial charge in [0.05, 0.1) is 6.10 Å². The molecule has 0 atom stereocenters. The first-order valence-electron chi connectivity index (χ1n) is 7.08. The van der Waals surface area contributed by atoms with Crippen molar-refractivity contribution in [3.63, 3.8) is 0 Å². The molecule has 0 bridgehead atoms. The van der Waals surface area contributed by atoms with Crippen LogP contribution < -0.4 is 5.32 Å². The van der Waals surface area contributed by atoms with E-state index in [1.54, 1.807) is 6.07 Å². The number of rotatable bonds is 4. The van der Waals surface area contributed by atoms with Gasteiger partial charge in [-0.05, 0) is 51.1 Å². The molecule has 1 aromatic carbocycles. The van der Waals surface area contributed by atoms with E-state index in [4.69, 9.17) is 9.15 Å². The number of piperidine rings is 1. The molecule has 20 heavy (non-hydrogen) atoms. The van der Waals surface area contributed by atoms with Crippen LogP contribution in [-0.4, -0.2) is 31.6 Å². The average molecular weight is 273 g/mol. The van der Waals surface area contributed by atoms with E-state index in [-0.39, 0.29) is 18.5 Å². The number of aryl methyl sites for hydroxylation is 1. The normalized spacial score (nSPS) is 16.6. The zero-order chi connectivity index (χ0) is 13.9. The highest BCUT2D eigenvalue weighted by Crippen LogP contribution is 2.21. The summed E-state index contributed by atoms with van der Waals surface area (Å²) in [7, 11) is 0. The Kier molecular flexibility index (Phi) is 3.85. The third-order valence-corrected chi connectivity index (χ3v) is 3.68. The predicted molar refractivity (Wildman–Crippen MR) is 77.1 cm³/mol. The molecule has 3 rings (SSSR count). The highest BCUT2D eigenvalue weighted by molar-refractivity contribution is 5.98. The maximum atomic E-state index is 12.1. The zero-order valence-electron chi connectivity index (χ0n) is 11.6. The number of carbonyl (C=O) groups is 1. The Bertz CT molecular complexity index is 611. The average Bonchev–Trinajstić information content (AvgIpc) is 2.89. The van der Waals surface area contributed by atoms with E-state index in [9.17, 15) is 4.79 Å². The van der Waals surface area contributed by atoms with E-state index in [1.165, 1.54) is 0 Å². The fraction of sp³-hybridized carbons (Fsp3) is 0.438. The fourth-order valence-corrected chi connectivity index (χ4v) is 2.53. The lowest BCUT2D eigenvalue weighted by atomic mass is 10.1. The summed E-state index contributed by atoms with van der Waals surface area (Å²) in [5.41, 5.74) is 1.91. The molecule has 0 unspecified atom stereocenters. The molecule has 1 aliphatic heterocycles. The molecule has 0 saturated carbocycles. The van der Waals surface area contributed by atoms with Gasteiger partial charge < -0.3 is 14.5 Å². The van der Waals surface area contributed by atoms with Crippen LogP contribution in [0.2, 0.25) is 0 Å². The highest BCUT2D eigenvalue weighted by Gasteiger charge is 2.17. The number of ketones is 1. The van der Waals surface area contributed by atoms with E-state index in [2.05, 4.69) is 5.32 Å². The second-order valence-electron chi connectivity index (χ2n) is 5.34. The molecular weight excluding hydrogens is 254 g/mol. The lowest BCUT2D eigenvalue weighted by Crippen LogP contribution is -2.33. The molecular formula is C16H19NO3. The van der Waals surface area contributed by atoms with Crippen molar-refractivity contribution in [3.05, 3.63) is 35.6 Å². The Morgan fingerprint density at radius 1 is 1.35 bits per heavy atom. The summed E-state index contributed by atoms with van der Waals surface area (Å²) in [6.07, 6.45) is 2.12. The Morgan fingerprint density at radius 3 is 2.95 bits per heavy atom. The number of benzene rings is 1. The quantitative estimate of drug-likeness (QED) is 0.870. The Labute approximate surface area is 118 Å². The van der Waals surface area contributed by atoms with Crippen molar-refractivity contribution in [2.24, 2.45) is 0 Å². The number of Topliss-reactive ketones (excluding diaryl/α,β-unsaturated/α-hetero) is 1. The van der Waals surface area contributed by atoms with Gasteiger partial charge in [0.15, 0.2) is 5.76 Å². The van der Waals surface area contributed by atoms with Gasteiger partial charge in [0, 0.05) is 5.39 Å². The first kappa shape index (κ1) is 13.3. The summed E-state index contributed by atoms with van der Waals surface area (Å²) in [6.45, 7) is 4.04. The van der Waals surface area contributed by atoms with Crippen LogP contribution in [0.1, 0.15) is 29.0 Å². The molecule has 1 aromatic heterocycles. The second-order valence-corrected chi connectivity index (χ2v) is 5.34. The van der Waals surface area contributed by atoms with E-state index in [0.717, 1.165) is 42.5 Å². The molecule has 1 saturated heterocycles.